The second-order valence-electron chi connectivity index (χ2n) is 5.38. The Bertz CT molecular complexity index is 497. The van der Waals surface area contributed by atoms with E-state index in [1.165, 1.54) is 24.3 Å². The van der Waals surface area contributed by atoms with Gasteiger partial charge in [-0.3, -0.25) is 4.79 Å². The fourth-order valence-corrected chi connectivity index (χ4v) is 1.41. The molecule has 2 amide bonds. The summed E-state index contributed by atoms with van der Waals surface area (Å²) in [4.78, 5) is 23.5. The Morgan fingerprint density at radius 2 is 1.86 bits per heavy atom. The van der Waals surface area contributed by atoms with Crippen molar-refractivity contribution in [2.24, 2.45) is 0 Å². The number of rotatable bonds is 4. The topological polar surface area (TPSA) is 87.7 Å². The van der Waals surface area contributed by atoms with Gasteiger partial charge in [0.15, 0.2) is 0 Å². The van der Waals surface area contributed by atoms with Gasteiger partial charge in [0, 0.05) is 5.69 Å². The lowest BCUT2D eigenvalue weighted by Gasteiger charge is -2.22. The highest BCUT2D eigenvalue weighted by Gasteiger charge is 2.23. The van der Waals surface area contributed by atoms with Gasteiger partial charge in [-0.05, 0) is 45.0 Å². The molecule has 1 aromatic carbocycles. The first kappa shape index (κ1) is 16.9. The molecule has 0 bridgehead atoms. The molecule has 0 aliphatic rings. The van der Waals surface area contributed by atoms with Crippen LogP contribution in [0, 0.1) is 5.82 Å². The minimum absolute atomic E-state index is 0.353. The Morgan fingerprint density at radius 3 is 2.33 bits per heavy atom. The molecule has 0 aromatic heterocycles. The van der Waals surface area contributed by atoms with Crippen molar-refractivity contribution >= 4 is 17.7 Å². The number of carbonyl (C=O) groups excluding carboxylic acids is 2. The number of aliphatic hydroxyl groups excluding tert-OH is 1. The lowest BCUT2D eigenvalue weighted by Crippen LogP contribution is -2.47. The van der Waals surface area contributed by atoms with Gasteiger partial charge >= 0.3 is 6.09 Å². The van der Waals surface area contributed by atoms with Crippen molar-refractivity contribution < 1.29 is 23.8 Å². The molecular formula is C14H19FN2O4. The third-order valence-corrected chi connectivity index (χ3v) is 2.30. The van der Waals surface area contributed by atoms with Gasteiger partial charge in [-0.25, -0.2) is 9.18 Å². The van der Waals surface area contributed by atoms with Gasteiger partial charge in [0.05, 0.1) is 6.61 Å². The van der Waals surface area contributed by atoms with Crippen molar-refractivity contribution in [3.8, 4) is 0 Å². The fourth-order valence-electron chi connectivity index (χ4n) is 1.41. The highest BCUT2D eigenvalue weighted by Crippen LogP contribution is 2.09. The first-order valence-corrected chi connectivity index (χ1v) is 6.38. The number of hydrogen-bond acceptors (Lipinski definition) is 4. The molecule has 7 heteroatoms. The molecule has 116 valence electrons. The van der Waals surface area contributed by atoms with Gasteiger partial charge in [0.2, 0.25) is 5.91 Å². The summed E-state index contributed by atoms with van der Waals surface area (Å²) in [5.41, 5.74) is -0.358. The van der Waals surface area contributed by atoms with Gasteiger partial charge in [-0.2, -0.15) is 0 Å². The Morgan fingerprint density at radius 1 is 1.29 bits per heavy atom. The average molecular weight is 298 g/mol. The summed E-state index contributed by atoms with van der Waals surface area (Å²) in [5, 5.41) is 13.9. The zero-order valence-electron chi connectivity index (χ0n) is 12.1. The third-order valence-electron chi connectivity index (χ3n) is 2.30. The van der Waals surface area contributed by atoms with E-state index < -0.39 is 36.1 Å². The molecule has 0 saturated carbocycles. The Hall–Kier alpha value is -2.15. The fraction of sp³-hybridized carbons (Fsp3) is 0.429. The Labute approximate surface area is 122 Å². The monoisotopic (exact) mass is 298 g/mol. The molecule has 1 atom stereocenters. The number of benzene rings is 1. The van der Waals surface area contributed by atoms with E-state index >= 15 is 0 Å². The Kier molecular flexibility index (Phi) is 5.66. The van der Waals surface area contributed by atoms with Crippen LogP contribution in [0.3, 0.4) is 0 Å². The maximum Gasteiger partial charge on any atom is 0.408 e. The van der Waals surface area contributed by atoms with Crippen LogP contribution >= 0.6 is 0 Å². The molecule has 1 rings (SSSR count). The van der Waals surface area contributed by atoms with Crippen LogP contribution in [0.2, 0.25) is 0 Å². The summed E-state index contributed by atoms with van der Waals surface area (Å²) < 4.78 is 17.7. The smallest absolute Gasteiger partial charge is 0.408 e. The van der Waals surface area contributed by atoms with E-state index in [2.05, 4.69) is 10.6 Å². The van der Waals surface area contributed by atoms with Crippen LogP contribution in [0.25, 0.3) is 0 Å². The summed E-state index contributed by atoms with van der Waals surface area (Å²) >= 11 is 0. The predicted molar refractivity (Wildman–Crippen MR) is 75.3 cm³/mol. The zero-order chi connectivity index (χ0) is 16.0. The highest BCUT2D eigenvalue weighted by atomic mass is 19.1. The van der Waals surface area contributed by atoms with E-state index in [1.807, 2.05) is 0 Å². The molecule has 0 aliphatic heterocycles. The number of halogens is 1. The molecule has 0 saturated heterocycles. The van der Waals surface area contributed by atoms with Gasteiger partial charge in [0.25, 0.3) is 0 Å². The third kappa shape index (κ3) is 6.22. The van der Waals surface area contributed by atoms with Gasteiger partial charge < -0.3 is 20.5 Å². The van der Waals surface area contributed by atoms with Crippen molar-refractivity contribution in [1.82, 2.24) is 5.32 Å². The van der Waals surface area contributed by atoms with E-state index in [9.17, 15) is 19.1 Å². The number of ether oxygens (including phenoxy) is 1. The molecule has 21 heavy (non-hydrogen) atoms. The normalized spacial score (nSPS) is 12.4. The van der Waals surface area contributed by atoms with E-state index in [-0.39, 0.29) is 0 Å². The standard InChI is InChI=1S/C14H19FN2O4/c1-14(2,3)21-13(20)17-11(8-18)12(19)16-10-6-4-9(15)5-7-10/h4-7,11,18H,8H2,1-3H3,(H,16,19)(H,17,20). The number of amides is 2. The van der Waals surface area contributed by atoms with E-state index in [0.29, 0.717) is 5.69 Å². The van der Waals surface area contributed by atoms with Gasteiger partial charge in [-0.15, -0.1) is 0 Å². The van der Waals surface area contributed by atoms with Crippen LogP contribution < -0.4 is 10.6 Å². The summed E-state index contributed by atoms with van der Waals surface area (Å²) in [6, 6.07) is 3.95. The van der Waals surface area contributed by atoms with Crippen molar-refractivity contribution in [2.45, 2.75) is 32.4 Å². The zero-order valence-corrected chi connectivity index (χ0v) is 12.1. The van der Waals surface area contributed by atoms with E-state index in [4.69, 9.17) is 4.74 Å². The van der Waals surface area contributed by atoms with Crippen LogP contribution in [0.5, 0.6) is 0 Å². The highest BCUT2D eigenvalue weighted by molar-refractivity contribution is 5.96. The number of anilines is 1. The van der Waals surface area contributed by atoms with Gasteiger partial charge in [-0.1, -0.05) is 0 Å². The summed E-state index contributed by atoms with van der Waals surface area (Å²) in [6.45, 7) is 4.45. The summed E-state index contributed by atoms with van der Waals surface area (Å²) in [7, 11) is 0. The SMILES string of the molecule is CC(C)(C)OC(=O)NC(CO)C(=O)Nc1ccc(F)cc1. The second kappa shape index (κ2) is 7.03. The van der Waals surface area contributed by atoms with Crippen molar-refractivity contribution in [2.75, 3.05) is 11.9 Å². The van der Waals surface area contributed by atoms with Crippen molar-refractivity contribution in [3.63, 3.8) is 0 Å². The molecule has 1 aromatic rings. The number of alkyl carbamates (subject to hydrolysis) is 1. The molecule has 0 fully saturated rings. The summed E-state index contributed by atoms with van der Waals surface area (Å²) in [5.74, 6) is -1.06. The number of hydrogen-bond donors (Lipinski definition) is 3. The molecule has 6 nitrogen and oxygen atoms in total. The number of nitrogens with one attached hydrogen (secondary N) is 2. The maximum atomic E-state index is 12.8. The molecular weight excluding hydrogens is 279 g/mol. The maximum absolute atomic E-state index is 12.8. The number of aliphatic hydroxyl groups is 1. The molecule has 1 unspecified atom stereocenters. The Balaban J connectivity index is 2.61. The van der Waals surface area contributed by atoms with Crippen molar-refractivity contribution in [1.29, 1.82) is 0 Å². The minimum Gasteiger partial charge on any atom is -0.444 e. The molecule has 3 N–H and O–H groups in total. The first-order chi connectivity index (χ1) is 9.71. The molecule has 0 aliphatic carbocycles. The molecule has 0 heterocycles. The van der Waals surface area contributed by atoms with Crippen LogP contribution in [0.1, 0.15) is 20.8 Å². The average Bonchev–Trinajstić information content (AvgIpc) is 2.36. The van der Waals surface area contributed by atoms with Crippen LogP contribution in [-0.4, -0.2) is 35.4 Å². The quantitative estimate of drug-likeness (QED) is 0.788. The largest absolute Gasteiger partial charge is 0.444 e. The van der Waals surface area contributed by atoms with Gasteiger partial charge in [0.1, 0.15) is 17.5 Å². The number of carbonyl (C=O) groups is 2. The lowest BCUT2D eigenvalue weighted by molar-refractivity contribution is -0.119. The van der Waals surface area contributed by atoms with Crippen LogP contribution in [0.4, 0.5) is 14.9 Å². The van der Waals surface area contributed by atoms with E-state index in [0.717, 1.165) is 0 Å². The van der Waals surface area contributed by atoms with Crippen LogP contribution in [0.15, 0.2) is 24.3 Å². The second-order valence-corrected chi connectivity index (χ2v) is 5.38. The minimum atomic E-state index is -1.16. The summed E-state index contributed by atoms with van der Waals surface area (Å²) in [6.07, 6.45) is -0.809. The predicted octanol–water partition coefficient (Wildman–Crippen LogP) is 1.65. The molecule has 0 radical (unpaired) electrons. The first-order valence-electron chi connectivity index (χ1n) is 6.38. The van der Waals surface area contributed by atoms with E-state index in [1.54, 1.807) is 20.8 Å². The van der Waals surface area contributed by atoms with Crippen molar-refractivity contribution in [3.05, 3.63) is 30.1 Å². The van der Waals surface area contributed by atoms with Crippen LogP contribution in [-0.2, 0) is 9.53 Å². The molecule has 0 spiro atoms. The lowest BCUT2D eigenvalue weighted by atomic mass is 10.2.